The summed E-state index contributed by atoms with van der Waals surface area (Å²) in [4.78, 5) is 12.2. The molecule has 0 aromatic rings. The van der Waals surface area contributed by atoms with Gasteiger partial charge in [-0.25, -0.2) is 0 Å². The van der Waals surface area contributed by atoms with Crippen LogP contribution < -0.4 is 0 Å². The monoisotopic (exact) mass is 306 g/mol. The number of ether oxygens (including phenoxy) is 1. The average Bonchev–Trinajstić information content (AvgIpc) is 2.77. The van der Waals surface area contributed by atoms with Crippen molar-refractivity contribution in [2.75, 3.05) is 19.6 Å². The molecule has 1 aliphatic rings. The standard InChI is InChI=1S/C13H26N2O4S/c1-6-14(7-2)20(17,18)15-10-8-9-11(15)12(16)19-13(3,4)5/h11H,6-10H2,1-5H3/t11-/m0/s1. The van der Waals surface area contributed by atoms with E-state index in [9.17, 15) is 13.2 Å². The van der Waals surface area contributed by atoms with Crippen molar-refractivity contribution in [1.29, 1.82) is 0 Å². The average molecular weight is 306 g/mol. The highest BCUT2D eigenvalue weighted by Gasteiger charge is 2.42. The SMILES string of the molecule is CCN(CC)S(=O)(=O)N1CCC[C@H]1C(=O)OC(C)(C)C. The first-order valence-electron chi connectivity index (χ1n) is 7.13. The summed E-state index contributed by atoms with van der Waals surface area (Å²) < 4.78 is 33.0. The van der Waals surface area contributed by atoms with E-state index < -0.39 is 27.8 Å². The zero-order valence-electron chi connectivity index (χ0n) is 13.0. The second kappa shape index (κ2) is 6.41. The van der Waals surface area contributed by atoms with Crippen molar-refractivity contribution in [3.8, 4) is 0 Å². The lowest BCUT2D eigenvalue weighted by Crippen LogP contribution is -2.49. The normalized spacial score (nSPS) is 21.4. The molecule has 1 saturated heterocycles. The predicted octanol–water partition coefficient (Wildman–Crippen LogP) is 1.38. The Balaban J connectivity index is 2.92. The van der Waals surface area contributed by atoms with Crippen molar-refractivity contribution in [2.24, 2.45) is 0 Å². The summed E-state index contributed by atoms with van der Waals surface area (Å²) in [7, 11) is -3.58. The molecular weight excluding hydrogens is 280 g/mol. The van der Waals surface area contributed by atoms with E-state index >= 15 is 0 Å². The van der Waals surface area contributed by atoms with Gasteiger partial charge in [0.15, 0.2) is 0 Å². The molecular formula is C13H26N2O4S. The van der Waals surface area contributed by atoms with Crippen molar-refractivity contribution in [2.45, 2.75) is 59.1 Å². The van der Waals surface area contributed by atoms with Crippen LogP contribution in [0.4, 0.5) is 0 Å². The summed E-state index contributed by atoms with van der Waals surface area (Å²) >= 11 is 0. The molecule has 0 amide bonds. The third kappa shape index (κ3) is 3.93. The van der Waals surface area contributed by atoms with E-state index in [2.05, 4.69) is 0 Å². The molecule has 0 bridgehead atoms. The molecule has 6 nitrogen and oxygen atoms in total. The molecule has 20 heavy (non-hydrogen) atoms. The van der Waals surface area contributed by atoms with Gasteiger partial charge in [0, 0.05) is 19.6 Å². The van der Waals surface area contributed by atoms with E-state index in [1.54, 1.807) is 34.6 Å². The summed E-state index contributed by atoms with van der Waals surface area (Å²) in [5, 5.41) is 0. The van der Waals surface area contributed by atoms with E-state index in [0.717, 1.165) is 0 Å². The zero-order valence-corrected chi connectivity index (χ0v) is 13.9. The quantitative estimate of drug-likeness (QED) is 0.720. The Morgan fingerprint density at radius 1 is 1.30 bits per heavy atom. The maximum absolute atomic E-state index is 12.5. The molecule has 0 unspecified atom stereocenters. The number of esters is 1. The Morgan fingerprint density at radius 3 is 2.30 bits per heavy atom. The first-order chi connectivity index (χ1) is 9.13. The minimum atomic E-state index is -3.58. The lowest BCUT2D eigenvalue weighted by Gasteiger charge is -2.30. The molecule has 0 radical (unpaired) electrons. The van der Waals surface area contributed by atoms with Crippen LogP contribution in [0.3, 0.4) is 0 Å². The van der Waals surface area contributed by atoms with Crippen LogP contribution in [0.15, 0.2) is 0 Å². The molecule has 1 rings (SSSR count). The zero-order chi connectivity index (χ0) is 15.6. The highest BCUT2D eigenvalue weighted by molar-refractivity contribution is 7.86. The first kappa shape index (κ1) is 17.4. The molecule has 118 valence electrons. The third-order valence-electron chi connectivity index (χ3n) is 3.21. The fourth-order valence-electron chi connectivity index (χ4n) is 2.32. The molecule has 7 heteroatoms. The van der Waals surface area contributed by atoms with Gasteiger partial charge in [-0.3, -0.25) is 4.79 Å². The summed E-state index contributed by atoms with van der Waals surface area (Å²) in [6, 6.07) is -0.695. The van der Waals surface area contributed by atoms with Gasteiger partial charge in [-0.05, 0) is 33.6 Å². The predicted molar refractivity (Wildman–Crippen MR) is 77.4 cm³/mol. The lowest BCUT2D eigenvalue weighted by molar-refractivity contribution is -0.158. The molecule has 0 saturated carbocycles. The van der Waals surface area contributed by atoms with Crippen molar-refractivity contribution in [1.82, 2.24) is 8.61 Å². The van der Waals surface area contributed by atoms with Crippen molar-refractivity contribution in [3.63, 3.8) is 0 Å². The number of carbonyl (C=O) groups is 1. The molecule has 1 heterocycles. The Morgan fingerprint density at radius 2 is 1.85 bits per heavy atom. The third-order valence-corrected chi connectivity index (χ3v) is 5.41. The molecule has 1 aliphatic heterocycles. The Bertz CT molecular complexity index is 438. The second-order valence-corrected chi connectivity index (χ2v) is 7.78. The van der Waals surface area contributed by atoms with Gasteiger partial charge < -0.3 is 4.74 Å². The highest BCUT2D eigenvalue weighted by atomic mass is 32.2. The van der Waals surface area contributed by atoms with Gasteiger partial charge in [0.05, 0.1) is 0 Å². The maximum Gasteiger partial charge on any atom is 0.325 e. The number of nitrogens with zero attached hydrogens (tertiary/aromatic N) is 2. The van der Waals surface area contributed by atoms with Gasteiger partial charge in [-0.1, -0.05) is 13.8 Å². The van der Waals surface area contributed by atoms with Gasteiger partial charge in [0.25, 0.3) is 10.2 Å². The van der Waals surface area contributed by atoms with Gasteiger partial charge in [-0.15, -0.1) is 0 Å². The van der Waals surface area contributed by atoms with Crippen LogP contribution in [0.25, 0.3) is 0 Å². The number of rotatable bonds is 5. The number of carbonyl (C=O) groups excluding carboxylic acids is 1. The summed E-state index contributed by atoms with van der Waals surface area (Å²) in [6.45, 7) is 10.1. The van der Waals surface area contributed by atoms with Crippen LogP contribution in [0.2, 0.25) is 0 Å². The number of hydrogen-bond acceptors (Lipinski definition) is 4. The van der Waals surface area contributed by atoms with E-state index in [4.69, 9.17) is 4.74 Å². The van der Waals surface area contributed by atoms with E-state index in [0.29, 0.717) is 32.5 Å². The van der Waals surface area contributed by atoms with Crippen molar-refractivity contribution < 1.29 is 17.9 Å². The molecule has 1 atom stereocenters. The summed E-state index contributed by atoms with van der Waals surface area (Å²) in [5.41, 5.74) is -0.607. The molecule has 0 aromatic carbocycles. The Labute approximate surface area is 122 Å². The van der Waals surface area contributed by atoms with Crippen LogP contribution in [-0.4, -0.2) is 54.3 Å². The fourth-order valence-corrected chi connectivity index (χ4v) is 4.14. The van der Waals surface area contributed by atoms with Gasteiger partial charge in [0.2, 0.25) is 0 Å². The minimum absolute atomic E-state index is 0.378. The van der Waals surface area contributed by atoms with E-state index in [-0.39, 0.29) is 0 Å². The Kier molecular flexibility index (Phi) is 5.57. The van der Waals surface area contributed by atoms with Crippen LogP contribution in [-0.2, 0) is 19.7 Å². The minimum Gasteiger partial charge on any atom is -0.459 e. The van der Waals surface area contributed by atoms with Crippen LogP contribution in [0.1, 0.15) is 47.5 Å². The molecule has 1 fully saturated rings. The van der Waals surface area contributed by atoms with Gasteiger partial charge in [0.1, 0.15) is 11.6 Å². The van der Waals surface area contributed by atoms with Gasteiger partial charge >= 0.3 is 5.97 Å². The van der Waals surface area contributed by atoms with E-state index in [1.165, 1.54) is 8.61 Å². The molecule has 0 aromatic heterocycles. The molecule has 0 aliphatic carbocycles. The van der Waals surface area contributed by atoms with Gasteiger partial charge in [-0.2, -0.15) is 17.0 Å². The first-order valence-corrected chi connectivity index (χ1v) is 8.53. The van der Waals surface area contributed by atoms with Crippen molar-refractivity contribution in [3.05, 3.63) is 0 Å². The highest BCUT2D eigenvalue weighted by Crippen LogP contribution is 2.25. The lowest BCUT2D eigenvalue weighted by atomic mass is 10.2. The number of hydrogen-bond donors (Lipinski definition) is 0. The topological polar surface area (TPSA) is 66.9 Å². The fraction of sp³-hybridized carbons (Fsp3) is 0.923. The van der Waals surface area contributed by atoms with Crippen LogP contribution in [0.5, 0.6) is 0 Å². The second-order valence-electron chi connectivity index (χ2n) is 5.89. The van der Waals surface area contributed by atoms with Crippen LogP contribution >= 0.6 is 0 Å². The summed E-state index contributed by atoms with van der Waals surface area (Å²) in [6.07, 6.45) is 1.21. The molecule has 0 N–H and O–H groups in total. The maximum atomic E-state index is 12.5. The van der Waals surface area contributed by atoms with E-state index in [1.807, 2.05) is 0 Å². The largest absolute Gasteiger partial charge is 0.459 e. The van der Waals surface area contributed by atoms with Crippen molar-refractivity contribution >= 4 is 16.2 Å². The summed E-state index contributed by atoms with van der Waals surface area (Å²) in [5.74, 6) is -0.453. The smallest absolute Gasteiger partial charge is 0.325 e. The van der Waals surface area contributed by atoms with Crippen LogP contribution in [0, 0.1) is 0 Å². The Hall–Kier alpha value is -0.660. The molecule has 0 spiro atoms.